The van der Waals surface area contributed by atoms with Crippen LogP contribution in [-0.2, 0) is 12.0 Å². The Morgan fingerprint density at radius 3 is 2.72 bits per heavy atom. The van der Waals surface area contributed by atoms with Crippen molar-refractivity contribution >= 4 is 33.2 Å². The van der Waals surface area contributed by atoms with E-state index in [1.165, 1.54) is 25.4 Å². The summed E-state index contributed by atoms with van der Waals surface area (Å²) in [6, 6.07) is 11.4. The van der Waals surface area contributed by atoms with Crippen LogP contribution in [-0.4, -0.2) is 24.5 Å². The van der Waals surface area contributed by atoms with Crippen molar-refractivity contribution in [1.82, 2.24) is 4.90 Å². The van der Waals surface area contributed by atoms with E-state index < -0.39 is 0 Å². The molecule has 0 unspecified atom stereocenters. The molecule has 1 aliphatic heterocycles. The summed E-state index contributed by atoms with van der Waals surface area (Å²) < 4.78 is 1.19. The number of rotatable bonds is 2. The molecule has 132 valence electrons. The van der Waals surface area contributed by atoms with Gasteiger partial charge < -0.3 is 10.6 Å². The number of hydrogen-bond donors (Lipinski definition) is 1. The number of hydrogen-bond acceptors (Lipinski definition) is 4. The van der Waals surface area contributed by atoms with E-state index in [-0.39, 0.29) is 5.54 Å². The van der Waals surface area contributed by atoms with Crippen molar-refractivity contribution in [2.45, 2.75) is 44.1 Å². The first kappa shape index (κ1) is 17.1. The normalized spacial score (nSPS) is 25.6. The Labute approximate surface area is 162 Å². The molecule has 0 saturated heterocycles. The molecular formula is C20H24BrN3S. The SMILES string of the molecule is CC(C)c1ccc([C@H]2CN(C)C(N)=N[C@@]23CCc2cc(Br)sc23)cc1. The molecule has 2 aliphatic rings. The van der Waals surface area contributed by atoms with E-state index in [9.17, 15) is 0 Å². The average molecular weight is 418 g/mol. The van der Waals surface area contributed by atoms with Gasteiger partial charge in [-0.25, -0.2) is 4.99 Å². The van der Waals surface area contributed by atoms with Crippen molar-refractivity contribution in [3.05, 3.63) is 55.7 Å². The molecule has 2 N–H and O–H groups in total. The van der Waals surface area contributed by atoms with Crippen LogP contribution < -0.4 is 5.73 Å². The van der Waals surface area contributed by atoms with Gasteiger partial charge in [0.25, 0.3) is 0 Å². The lowest BCUT2D eigenvalue weighted by molar-refractivity contribution is 0.272. The molecule has 1 aromatic carbocycles. The average Bonchev–Trinajstić information content (AvgIpc) is 3.10. The molecule has 2 atom stereocenters. The van der Waals surface area contributed by atoms with Gasteiger partial charge in [0.15, 0.2) is 5.96 Å². The van der Waals surface area contributed by atoms with E-state index in [2.05, 4.69) is 65.0 Å². The lowest BCUT2D eigenvalue weighted by Crippen LogP contribution is -2.49. The maximum Gasteiger partial charge on any atom is 0.191 e. The van der Waals surface area contributed by atoms with Gasteiger partial charge in [-0.05, 0) is 57.4 Å². The Bertz CT molecular complexity index is 824. The van der Waals surface area contributed by atoms with Gasteiger partial charge in [-0.2, -0.15) is 0 Å². The Balaban J connectivity index is 1.82. The number of aliphatic imine (C=N–C) groups is 1. The predicted molar refractivity (Wildman–Crippen MR) is 110 cm³/mol. The Morgan fingerprint density at radius 1 is 1.32 bits per heavy atom. The fraction of sp³-hybridized carbons (Fsp3) is 0.450. The molecular weight excluding hydrogens is 394 g/mol. The fourth-order valence-electron chi connectivity index (χ4n) is 4.21. The summed E-state index contributed by atoms with van der Waals surface area (Å²) in [4.78, 5) is 8.56. The number of nitrogens with two attached hydrogens (primary N) is 1. The van der Waals surface area contributed by atoms with Crippen molar-refractivity contribution in [2.24, 2.45) is 10.7 Å². The lowest BCUT2D eigenvalue weighted by atomic mass is 9.77. The van der Waals surface area contributed by atoms with Crippen LogP contribution in [0.5, 0.6) is 0 Å². The third-order valence-corrected chi connectivity index (χ3v) is 7.54. The van der Waals surface area contributed by atoms with Gasteiger partial charge in [-0.3, -0.25) is 0 Å². The minimum Gasteiger partial charge on any atom is -0.370 e. The molecule has 0 radical (unpaired) electrons. The number of halogens is 1. The summed E-state index contributed by atoms with van der Waals surface area (Å²) >= 11 is 5.49. The number of benzene rings is 1. The molecule has 25 heavy (non-hydrogen) atoms. The van der Waals surface area contributed by atoms with E-state index in [0.717, 1.165) is 19.4 Å². The van der Waals surface area contributed by atoms with Crippen LogP contribution in [0.25, 0.3) is 0 Å². The van der Waals surface area contributed by atoms with Gasteiger partial charge in [0.1, 0.15) is 5.54 Å². The van der Waals surface area contributed by atoms with E-state index in [4.69, 9.17) is 10.7 Å². The van der Waals surface area contributed by atoms with Crippen molar-refractivity contribution in [3.8, 4) is 0 Å². The first-order chi connectivity index (χ1) is 11.9. The molecule has 1 aliphatic carbocycles. The highest BCUT2D eigenvalue weighted by atomic mass is 79.9. The van der Waals surface area contributed by atoms with Gasteiger partial charge >= 0.3 is 0 Å². The van der Waals surface area contributed by atoms with E-state index in [1.807, 2.05) is 18.4 Å². The molecule has 1 aromatic heterocycles. The molecule has 0 saturated carbocycles. The van der Waals surface area contributed by atoms with Crippen LogP contribution in [0.1, 0.15) is 53.7 Å². The Morgan fingerprint density at radius 2 is 2.04 bits per heavy atom. The summed E-state index contributed by atoms with van der Waals surface area (Å²) in [7, 11) is 2.04. The predicted octanol–water partition coefficient (Wildman–Crippen LogP) is 4.82. The molecule has 0 amide bonds. The van der Waals surface area contributed by atoms with Crippen LogP contribution in [0.3, 0.4) is 0 Å². The minimum atomic E-state index is -0.206. The second-order valence-corrected chi connectivity index (χ2v) is 9.99. The zero-order chi connectivity index (χ0) is 17.8. The van der Waals surface area contributed by atoms with Crippen molar-refractivity contribution < 1.29 is 0 Å². The monoisotopic (exact) mass is 417 g/mol. The van der Waals surface area contributed by atoms with Gasteiger partial charge in [-0.1, -0.05) is 38.1 Å². The third-order valence-electron chi connectivity index (χ3n) is 5.69. The zero-order valence-electron chi connectivity index (χ0n) is 14.9. The van der Waals surface area contributed by atoms with Crippen LogP contribution in [0.2, 0.25) is 0 Å². The number of fused-ring (bicyclic) bond motifs is 2. The number of aryl methyl sites for hydroxylation is 1. The van der Waals surface area contributed by atoms with Crippen LogP contribution in [0.4, 0.5) is 0 Å². The van der Waals surface area contributed by atoms with Gasteiger partial charge in [0.05, 0.1) is 3.79 Å². The number of nitrogens with zero attached hydrogens (tertiary/aromatic N) is 2. The smallest absolute Gasteiger partial charge is 0.191 e. The van der Waals surface area contributed by atoms with Gasteiger partial charge in [-0.15, -0.1) is 11.3 Å². The number of guanidine groups is 1. The molecule has 0 bridgehead atoms. The van der Waals surface area contributed by atoms with Crippen molar-refractivity contribution in [1.29, 1.82) is 0 Å². The van der Waals surface area contributed by atoms with Gasteiger partial charge in [0, 0.05) is 24.4 Å². The molecule has 2 aromatic rings. The molecule has 2 heterocycles. The topological polar surface area (TPSA) is 41.6 Å². The highest BCUT2D eigenvalue weighted by Gasteiger charge is 2.50. The zero-order valence-corrected chi connectivity index (χ0v) is 17.3. The molecule has 1 spiro atoms. The number of likely N-dealkylation sites (N-methyl/N-ethyl adjacent to an activating group) is 1. The largest absolute Gasteiger partial charge is 0.370 e. The quantitative estimate of drug-likeness (QED) is 0.760. The second kappa shape index (κ2) is 6.13. The minimum absolute atomic E-state index is 0.206. The molecule has 3 nitrogen and oxygen atoms in total. The standard InChI is InChI=1S/C20H24BrN3S/c1-12(2)13-4-6-14(7-5-13)16-11-24(3)19(22)23-20(16)9-8-15-10-17(21)25-18(15)20/h4-7,10,12,16H,8-9,11H2,1-3H3,(H2,22,23)/t16-,20+/m1/s1. The van der Waals surface area contributed by atoms with Crippen molar-refractivity contribution in [2.75, 3.05) is 13.6 Å². The number of thiophene rings is 1. The summed E-state index contributed by atoms with van der Waals surface area (Å²) in [5, 5.41) is 0. The second-order valence-electron chi connectivity index (χ2n) is 7.55. The van der Waals surface area contributed by atoms with E-state index in [1.54, 1.807) is 0 Å². The van der Waals surface area contributed by atoms with E-state index in [0.29, 0.717) is 17.8 Å². The molecule has 4 rings (SSSR count). The summed E-state index contributed by atoms with van der Waals surface area (Å²) in [5.41, 5.74) is 10.2. The lowest BCUT2D eigenvalue weighted by Gasteiger charge is -2.42. The highest BCUT2D eigenvalue weighted by molar-refractivity contribution is 9.11. The summed E-state index contributed by atoms with van der Waals surface area (Å²) in [6.45, 7) is 5.38. The Hall–Kier alpha value is -1.33. The van der Waals surface area contributed by atoms with Crippen LogP contribution in [0.15, 0.2) is 39.1 Å². The maximum absolute atomic E-state index is 6.27. The third kappa shape index (κ3) is 2.72. The first-order valence-corrected chi connectivity index (χ1v) is 10.5. The maximum atomic E-state index is 6.27. The van der Waals surface area contributed by atoms with Gasteiger partial charge in [0.2, 0.25) is 0 Å². The van der Waals surface area contributed by atoms with Crippen LogP contribution >= 0.6 is 27.3 Å². The molecule has 0 fully saturated rings. The Kier molecular flexibility index (Phi) is 4.19. The fourth-order valence-corrected chi connectivity index (χ4v) is 6.12. The summed E-state index contributed by atoms with van der Waals surface area (Å²) in [6.07, 6.45) is 2.13. The van der Waals surface area contributed by atoms with Crippen LogP contribution in [0, 0.1) is 0 Å². The summed E-state index contributed by atoms with van der Waals surface area (Å²) in [5.74, 6) is 1.54. The first-order valence-electron chi connectivity index (χ1n) is 8.85. The molecule has 5 heteroatoms. The highest BCUT2D eigenvalue weighted by Crippen LogP contribution is 2.54. The van der Waals surface area contributed by atoms with Crippen molar-refractivity contribution in [3.63, 3.8) is 0 Å². The van der Waals surface area contributed by atoms with E-state index >= 15 is 0 Å².